The molecule has 3 nitrogen and oxygen atoms in total. The summed E-state index contributed by atoms with van der Waals surface area (Å²) in [7, 11) is 0. The first-order valence-electron chi connectivity index (χ1n) is 2.84. The predicted octanol–water partition coefficient (Wildman–Crippen LogP) is 1.46. The number of carbonyl (C=O) groups excluding carboxylic acids is 1. The summed E-state index contributed by atoms with van der Waals surface area (Å²) >= 11 is 2.14. The lowest BCUT2D eigenvalue weighted by molar-refractivity contribution is 0.0919. The third-order valence-corrected chi connectivity index (χ3v) is 2.31. The van der Waals surface area contributed by atoms with Crippen LogP contribution in [0.3, 0.4) is 0 Å². The van der Waals surface area contributed by atoms with Gasteiger partial charge < -0.3 is 0 Å². The van der Waals surface area contributed by atoms with Gasteiger partial charge in [-0.25, -0.2) is 4.68 Å². The van der Waals surface area contributed by atoms with E-state index in [1.165, 1.54) is 11.6 Å². The Morgan fingerprint density at radius 1 is 1.80 bits per heavy atom. The maximum atomic E-state index is 10.8. The van der Waals surface area contributed by atoms with Crippen LogP contribution in [-0.2, 0) is 0 Å². The molecule has 0 aliphatic rings. The molecule has 0 N–H and O–H groups in total. The lowest BCUT2D eigenvalue weighted by atomic mass is 10.5. The van der Waals surface area contributed by atoms with Gasteiger partial charge in [-0.15, -0.1) is 0 Å². The van der Waals surface area contributed by atoms with Crippen LogP contribution in [0.1, 0.15) is 17.4 Å². The van der Waals surface area contributed by atoms with Crippen molar-refractivity contribution in [3.8, 4) is 0 Å². The van der Waals surface area contributed by atoms with Crippen molar-refractivity contribution in [2.75, 3.05) is 0 Å². The van der Waals surface area contributed by atoms with Gasteiger partial charge >= 0.3 is 0 Å². The molecule has 0 atom stereocenters. The molecule has 0 saturated heterocycles. The van der Waals surface area contributed by atoms with E-state index in [4.69, 9.17) is 0 Å². The van der Waals surface area contributed by atoms with Gasteiger partial charge in [0.15, 0.2) is 0 Å². The Kier molecular flexibility index (Phi) is 2.08. The van der Waals surface area contributed by atoms with E-state index < -0.39 is 0 Å². The summed E-state index contributed by atoms with van der Waals surface area (Å²) in [6.45, 7) is 3.37. The Morgan fingerprint density at radius 3 is 2.60 bits per heavy atom. The Balaban J connectivity index is 3.17. The van der Waals surface area contributed by atoms with Gasteiger partial charge in [-0.2, -0.15) is 5.10 Å². The average Bonchev–Trinajstić information content (AvgIpc) is 2.14. The molecule has 0 amide bonds. The fourth-order valence-corrected chi connectivity index (χ4v) is 1.06. The predicted molar refractivity (Wildman–Crippen MR) is 46.0 cm³/mol. The van der Waals surface area contributed by atoms with Crippen molar-refractivity contribution in [3.63, 3.8) is 0 Å². The maximum Gasteiger partial charge on any atom is 0.243 e. The van der Waals surface area contributed by atoms with Gasteiger partial charge in [-0.1, -0.05) is 0 Å². The monoisotopic (exact) mass is 250 g/mol. The van der Waals surface area contributed by atoms with E-state index in [-0.39, 0.29) is 5.91 Å². The summed E-state index contributed by atoms with van der Waals surface area (Å²) in [4.78, 5) is 10.8. The summed E-state index contributed by atoms with van der Waals surface area (Å²) in [5.74, 6) is -0.0413. The van der Waals surface area contributed by atoms with Crippen LogP contribution in [0.15, 0.2) is 6.20 Å². The number of hydrogen-bond donors (Lipinski definition) is 0. The van der Waals surface area contributed by atoms with E-state index >= 15 is 0 Å². The van der Waals surface area contributed by atoms with Crippen LogP contribution in [0.25, 0.3) is 0 Å². The summed E-state index contributed by atoms with van der Waals surface area (Å²) in [5.41, 5.74) is 0.910. The number of hydrogen-bond acceptors (Lipinski definition) is 2. The van der Waals surface area contributed by atoms with Gasteiger partial charge in [0.1, 0.15) is 0 Å². The minimum Gasteiger partial charge on any atom is -0.273 e. The molecule has 1 aromatic rings. The van der Waals surface area contributed by atoms with Crippen molar-refractivity contribution >= 4 is 28.5 Å². The van der Waals surface area contributed by atoms with Crippen molar-refractivity contribution in [1.82, 2.24) is 9.78 Å². The smallest absolute Gasteiger partial charge is 0.243 e. The first-order valence-corrected chi connectivity index (χ1v) is 3.92. The molecule has 54 valence electrons. The number of nitrogens with zero attached hydrogens (tertiary/aromatic N) is 2. The normalized spacial score (nSPS) is 9.90. The van der Waals surface area contributed by atoms with Crippen molar-refractivity contribution in [1.29, 1.82) is 0 Å². The van der Waals surface area contributed by atoms with Crippen molar-refractivity contribution < 1.29 is 4.79 Å². The van der Waals surface area contributed by atoms with Gasteiger partial charge in [-0.05, 0) is 29.5 Å². The number of halogens is 1. The molecule has 10 heavy (non-hydrogen) atoms. The van der Waals surface area contributed by atoms with E-state index in [2.05, 4.69) is 27.7 Å². The highest BCUT2D eigenvalue weighted by atomic mass is 127. The molecule has 0 saturated carbocycles. The summed E-state index contributed by atoms with van der Waals surface area (Å²) in [5, 5.41) is 3.87. The molecule has 0 bridgehead atoms. The number of aromatic nitrogens is 2. The first-order chi connectivity index (χ1) is 4.63. The van der Waals surface area contributed by atoms with E-state index in [1.807, 2.05) is 6.92 Å². The third-order valence-electron chi connectivity index (χ3n) is 1.25. The summed E-state index contributed by atoms with van der Waals surface area (Å²) in [6, 6.07) is 0. The first kappa shape index (κ1) is 7.71. The highest BCUT2D eigenvalue weighted by molar-refractivity contribution is 14.1. The quantitative estimate of drug-likeness (QED) is 0.653. The van der Waals surface area contributed by atoms with Crippen LogP contribution in [0, 0.1) is 10.5 Å². The molecule has 0 radical (unpaired) electrons. The number of carbonyl (C=O) groups is 1. The van der Waals surface area contributed by atoms with Crippen LogP contribution < -0.4 is 0 Å². The molecule has 1 aromatic heterocycles. The maximum absolute atomic E-state index is 10.8. The number of rotatable bonds is 0. The second kappa shape index (κ2) is 2.69. The third kappa shape index (κ3) is 1.21. The fourth-order valence-electron chi connectivity index (χ4n) is 0.707. The Morgan fingerprint density at radius 2 is 2.40 bits per heavy atom. The Hall–Kier alpha value is -0.390. The minimum atomic E-state index is -0.0413. The van der Waals surface area contributed by atoms with E-state index in [0.29, 0.717) is 0 Å². The van der Waals surface area contributed by atoms with Gasteiger partial charge in [-0.3, -0.25) is 4.79 Å². The van der Waals surface area contributed by atoms with E-state index in [1.54, 1.807) is 6.20 Å². The van der Waals surface area contributed by atoms with Crippen LogP contribution in [0.4, 0.5) is 0 Å². The molecular weight excluding hydrogens is 243 g/mol. The second-order valence-electron chi connectivity index (χ2n) is 2.01. The molecule has 4 heteroatoms. The minimum absolute atomic E-state index is 0.0413. The van der Waals surface area contributed by atoms with Crippen molar-refractivity contribution in [3.05, 3.63) is 15.5 Å². The zero-order valence-corrected chi connectivity index (χ0v) is 7.92. The van der Waals surface area contributed by atoms with Gasteiger partial charge in [0.05, 0.1) is 15.5 Å². The van der Waals surface area contributed by atoms with E-state index in [0.717, 1.165) is 9.26 Å². The zero-order chi connectivity index (χ0) is 7.72. The molecule has 1 heterocycles. The SMILES string of the molecule is CC(=O)n1ncc(I)c1C. The van der Waals surface area contributed by atoms with Gasteiger partial charge in [0.25, 0.3) is 0 Å². The molecule has 1 rings (SSSR count). The second-order valence-corrected chi connectivity index (χ2v) is 3.17. The molecule has 0 aromatic carbocycles. The molecule has 0 aliphatic carbocycles. The average molecular weight is 250 g/mol. The van der Waals surface area contributed by atoms with Crippen LogP contribution in [-0.4, -0.2) is 15.7 Å². The summed E-state index contributed by atoms with van der Waals surface area (Å²) in [6.07, 6.45) is 1.68. The summed E-state index contributed by atoms with van der Waals surface area (Å²) < 4.78 is 2.41. The molecule has 0 spiro atoms. The molecule has 0 aliphatic heterocycles. The highest BCUT2D eigenvalue weighted by Gasteiger charge is 2.05. The van der Waals surface area contributed by atoms with Crippen molar-refractivity contribution in [2.45, 2.75) is 13.8 Å². The molecular formula is C6H7IN2O. The zero-order valence-electron chi connectivity index (χ0n) is 5.76. The topological polar surface area (TPSA) is 34.9 Å². The van der Waals surface area contributed by atoms with Crippen LogP contribution >= 0.6 is 22.6 Å². The Labute approximate surface area is 72.6 Å². The fraction of sp³-hybridized carbons (Fsp3) is 0.333. The Bertz CT molecular complexity index is 267. The van der Waals surface area contributed by atoms with Gasteiger partial charge in [0.2, 0.25) is 5.91 Å². The van der Waals surface area contributed by atoms with Crippen LogP contribution in [0.2, 0.25) is 0 Å². The van der Waals surface area contributed by atoms with Crippen molar-refractivity contribution in [2.24, 2.45) is 0 Å². The van der Waals surface area contributed by atoms with Gasteiger partial charge in [0, 0.05) is 6.92 Å². The largest absolute Gasteiger partial charge is 0.273 e. The lowest BCUT2D eigenvalue weighted by Crippen LogP contribution is -2.08. The van der Waals surface area contributed by atoms with Crippen LogP contribution in [0.5, 0.6) is 0 Å². The standard InChI is InChI=1S/C6H7IN2O/c1-4-6(7)3-8-9(4)5(2)10/h3H,1-2H3. The lowest BCUT2D eigenvalue weighted by Gasteiger charge is -1.95. The highest BCUT2D eigenvalue weighted by Crippen LogP contribution is 2.08. The van der Waals surface area contributed by atoms with E-state index in [9.17, 15) is 4.79 Å². The molecule has 0 fully saturated rings. The molecule has 0 unspecified atom stereocenters.